The minimum Gasteiger partial charge on any atom is -0.468 e. The van der Waals surface area contributed by atoms with E-state index in [4.69, 9.17) is 28.4 Å². The quantitative estimate of drug-likeness (QED) is 0.0811. The van der Waals surface area contributed by atoms with Crippen LogP contribution >= 0.6 is 47.8 Å². The van der Waals surface area contributed by atoms with Crippen LogP contribution in [-0.4, -0.2) is 78.5 Å². The number of carbonyl (C=O) groups excluding carboxylic acids is 6. The second-order valence-electron chi connectivity index (χ2n) is 10.6. The zero-order valence-electron chi connectivity index (χ0n) is 27.6. The molecule has 0 atom stereocenters. The van der Waals surface area contributed by atoms with E-state index >= 15 is 0 Å². The molecule has 0 fully saturated rings. The lowest BCUT2D eigenvalue weighted by atomic mass is 9.74. The molecule has 0 aliphatic rings. The summed E-state index contributed by atoms with van der Waals surface area (Å²) in [5.41, 5.74) is -5.18. The van der Waals surface area contributed by atoms with Crippen LogP contribution in [0.1, 0.15) is 36.0 Å². The smallest absolute Gasteiger partial charge is 0.323 e. The van der Waals surface area contributed by atoms with Crippen LogP contribution in [0.5, 0.6) is 0 Å². The molecule has 0 aliphatic carbocycles. The highest BCUT2D eigenvalue weighted by atomic mass is 79.9. The van der Waals surface area contributed by atoms with Crippen molar-refractivity contribution < 1.29 is 57.2 Å². The molecular weight excluding hydrogens is 828 g/mol. The van der Waals surface area contributed by atoms with E-state index in [1.807, 2.05) is 0 Å². The first-order valence-electron chi connectivity index (χ1n) is 14.1. The number of halogens is 3. The van der Waals surface area contributed by atoms with Gasteiger partial charge in [-0.3, -0.25) is 28.8 Å². The monoisotopic (exact) mass is 864 g/mol. The molecule has 0 N–H and O–H groups in total. The lowest BCUT2D eigenvalue weighted by Crippen LogP contribution is -2.44. The van der Waals surface area contributed by atoms with Crippen LogP contribution in [0.2, 0.25) is 0 Å². The van der Waals surface area contributed by atoms with Crippen molar-refractivity contribution in [1.82, 2.24) is 0 Å². The lowest BCUT2D eigenvalue weighted by molar-refractivity contribution is -0.170. The summed E-state index contributed by atoms with van der Waals surface area (Å²) in [5.74, 6) is -5.61. The molecule has 1 aromatic rings. The van der Waals surface area contributed by atoms with Gasteiger partial charge in [-0.2, -0.15) is 0 Å². The first-order valence-corrected chi connectivity index (χ1v) is 16.5. The van der Waals surface area contributed by atoms with E-state index in [-0.39, 0.29) is 68.6 Å². The third-order valence-electron chi connectivity index (χ3n) is 7.96. The maximum Gasteiger partial charge on any atom is 0.323 e. The normalized spacial score (nSPS) is 11.4. The highest BCUT2D eigenvalue weighted by Gasteiger charge is 2.52. The van der Waals surface area contributed by atoms with Crippen LogP contribution in [0.25, 0.3) is 0 Å². The van der Waals surface area contributed by atoms with Crippen molar-refractivity contribution >= 4 is 83.6 Å². The first-order chi connectivity index (χ1) is 22.6. The largest absolute Gasteiger partial charge is 0.468 e. The Morgan fingerprint density at radius 2 is 0.625 bits per heavy atom. The van der Waals surface area contributed by atoms with Crippen LogP contribution in [-0.2, 0) is 76.5 Å². The van der Waals surface area contributed by atoms with E-state index in [0.717, 1.165) is 42.7 Å². The van der Waals surface area contributed by atoms with E-state index in [1.165, 1.54) is 18.2 Å². The highest BCUT2D eigenvalue weighted by Crippen LogP contribution is 2.48. The fourth-order valence-corrected chi connectivity index (χ4v) is 8.35. The number of esters is 6. The molecular formula is C33H39Br3O12. The number of benzene rings is 1. The van der Waals surface area contributed by atoms with Gasteiger partial charge < -0.3 is 28.4 Å². The molecule has 0 bridgehead atoms. The summed E-state index contributed by atoms with van der Waals surface area (Å²) >= 11 is 10.8. The Hall–Kier alpha value is -3.30. The lowest BCUT2D eigenvalue weighted by Gasteiger charge is -2.33. The third-order valence-corrected chi connectivity index (χ3v) is 10.8. The Kier molecular flexibility index (Phi) is 16.4. The molecule has 0 aromatic heterocycles. The number of ether oxygens (including phenoxy) is 6. The van der Waals surface area contributed by atoms with Crippen molar-refractivity contribution in [2.75, 3.05) is 42.7 Å². The van der Waals surface area contributed by atoms with Crippen molar-refractivity contribution in [2.45, 2.75) is 38.5 Å². The fraction of sp³-hybridized carbons (Fsp3) is 0.455. The van der Waals surface area contributed by atoms with Gasteiger partial charge in [0.15, 0.2) is 16.2 Å². The Labute approximate surface area is 304 Å². The molecule has 0 aliphatic heterocycles. The van der Waals surface area contributed by atoms with Gasteiger partial charge in [-0.25, -0.2) is 0 Å². The number of allylic oxidation sites excluding steroid dienone is 3. The highest BCUT2D eigenvalue weighted by molar-refractivity contribution is 9.11. The number of rotatable bonds is 18. The SMILES string of the molecule is C=CCC(Cc1c(Br)c(CC(CC=C)(C(=O)OC)C(=O)OC)c(Br)c(CC(CC=C)(C(=O)OC)C(=O)OC)c1Br)(C(=O)OC)C(=O)OC. The van der Waals surface area contributed by atoms with Gasteiger partial charge in [0.1, 0.15) is 0 Å². The summed E-state index contributed by atoms with van der Waals surface area (Å²) in [6, 6.07) is 0. The maximum atomic E-state index is 13.4. The topological polar surface area (TPSA) is 158 Å². The zero-order chi connectivity index (χ0) is 37.0. The van der Waals surface area contributed by atoms with Crippen LogP contribution in [0.4, 0.5) is 0 Å². The average Bonchev–Trinajstić information content (AvgIpc) is 3.09. The van der Waals surface area contributed by atoms with E-state index in [2.05, 4.69) is 67.5 Å². The summed E-state index contributed by atoms with van der Waals surface area (Å²) in [4.78, 5) is 80.1. The van der Waals surface area contributed by atoms with Gasteiger partial charge in [-0.1, -0.05) is 66.0 Å². The fourth-order valence-electron chi connectivity index (χ4n) is 5.52. The van der Waals surface area contributed by atoms with Crippen molar-refractivity contribution in [3.8, 4) is 0 Å². The van der Waals surface area contributed by atoms with Crippen LogP contribution in [0, 0.1) is 16.2 Å². The Morgan fingerprint density at radius 1 is 0.458 bits per heavy atom. The molecule has 0 saturated heterocycles. The molecule has 0 spiro atoms. The van der Waals surface area contributed by atoms with Gasteiger partial charge >= 0.3 is 35.8 Å². The molecule has 0 amide bonds. The van der Waals surface area contributed by atoms with E-state index < -0.39 is 52.1 Å². The molecule has 0 unspecified atom stereocenters. The van der Waals surface area contributed by atoms with Crippen molar-refractivity contribution in [1.29, 1.82) is 0 Å². The van der Waals surface area contributed by atoms with Crippen molar-refractivity contribution in [3.05, 3.63) is 68.1 Å². The molecule has 1 aromatic carbocycles. The summed E-state index contributed by atoms with van der Waals surface area (Å²) in [7, 11) is 6.66. The molecule has 264 valence electrons. The van der Waals surface area contributed by atoms with Crippen LogP contribution in [0.15, 0.2) is 51.4 Å². The maximum absolute atomic E-state index is 13.4. The Morgan fingerprint density at radius 3 is 0.750 bits per heavy atom. The zero-order valence-corrected chi connectivity index (χ0v) is 32.4. The minimum atomic E-state index is -1.97. The summed E-state index contributed by atoms with van der Waals surface area (Å²) in [5, 5.41) is 0. The molecule has 1 rings (SSSR count). The summed E-state index contributed by atoms with van der Waals surface area (Å²) < 4.78 is 31.0. The van der Waals surface area contributed by atoms with E-state index in [0.29, 0.717) is 0 Å². The average molecular weight is 867 g/mol. The molecule has 0 heterocycles. The van der Waals surface area contributed by atoms with Crippen molar-refractivity contribution in [3.63, 3.8) is 0 Å². The third kappa shape index (κ3) is 8.11. The minimum absolute atomic E-state index is 0.221. The van der Waals surface area contributed by atoms with Gasteiger partial charge in [0.2, 0.25) is 0 Å². The molecule has 0 saturated carbocycles. The van der Waals surface area contributed by atoms with Gasteiger partial charge in [-0.15, -0.1) is 19.7 Å². The summed E-state index contributed by atoms with van der Waals surface area (Å²) in [6.45, 7) is 11.1. The number of carbonyl (C=O) groups is 6. The van der Waals surface area contributed by atoms with Crippen molar-refractivity contribution in [2.24, 2.45) is 16.2 Å². The van der Waals surface area contributed by atoms with E-state index in [1.54, 1.807) is 0 Å². The summed E-state index contributed by atoms with van der Waals surface area (Å²) in [6.07, 6.45) is 2.23. The number of methoxy groups -OCH3 is 6. The van der Waals surface area contributed by atoms with Gasteiger partial charge in [0, 0.05) is 32.7 Å². The Balaban J connectivity index is 4.58. The van der Waals surface area contributed by atoms with E-state index in [9.17, 15) is 28.8 Å². The molecule has 12 nitrogen and oxygen atoms in total. The number of hydrogen-bond donors (Lipinski definition) is 0. The number of hydrogen-bond acceptors (Lipinski definition) is 12. The Bertz CT molecular complexity index is 1230. The van der Waals surface area contributed by atoms with Gasteiger partial charge in [0.05, 0.1) is 42.7 Å². The predicted molar refractivity (Wildman–Crippen MR) is 184 cm³/mol. The first kappa shape index (κ1) is 42.7. The second kappa shape index (κ2) is 18.5. The molecule has 15 heteroatoms. The van der Waals surface area contributed by atoms with Gasteiger partial charge in [-0.05, 0) is 36.0 Å². The molecule has 0 radical (unpaired) electrons. The van der Waals surface area contributed by atoms with Crippen LogP contribution in [0.3, 0.4) is 0 Å². The van der Waals surface area contributed by atoms with Gasteiger partial charge in [0.25, 0.3) is 0 Å². The standard InChI is InChI=1S/C33H39Br3O12/c1-10-13-31(25(37)43-4,26(38)44-5)16-19-22(34)20(17-32(14-11-2,27(39)45-6)28(40)46-7)24(36)21(23(19)35)18-33(15-12-3,29(41)47-8)30(42)48-9/h10-12H,1-3,13-18H2,4-9H3. The second-order valence-corrected chi connectivity index (χ2v) is 13.0. The molecule has 48 heavy (non-hydrogen) atoms. The van der Waals surface area contributed by atoms with Crippen LogP contribution < -0.4 is 0 Å². The predicted octanol–water partition coefficient (Wildman–Crippen LogP) is 5.33.